The average Bonchev–Trinajstić information content (AvgIpc) is 2.71. The second-order valence-electron chi connectivity index (χ2n) is 6.98. The Morgan fingerprint density at radius 1 is 1.32 bits per heavy atom. The molecule has 0 bridgehead atoms. The van der Waals surface area contributed by atoms with Crippen molar-refractivity contribution in [2.75, 3.05) is 5.75 Å². The summed E-state index contributed by atoms with van der Waals surface area (Å²) in [6, 6.07) is 6.73. The molecule has 1 aliphatic heterocycles. The number of carbonyl (C=O) groups excluding carboxylic acids is 1. The molecule has 1 aromatic carbocycles. The molecular weight excluding hydrogens is 337 g/mol. The van der Waals surface area contributed by atoms with E-state index >= 15 is 0 Å². The molecule has 132 valence electrons. The first-order valence-electron chi connectivity index (χ1n) is 7.98. The number of rotatable bonds is 4. The van der Waals surface area contributed by atoms with E-state index in [0.717, 1.165) is 5.47 Å². The van der Waals surface area contributed by atoms with Gasteiger partial charge in [0.15, 0.2) is 5.12 Å². The molecule has 1 aliphatic rings. The smallest absolute Gasteiger partial charge is 0.491 e. The Kier molecular flexibility index (Phi) is 5.67. The van der Waals surface area contributed by atoms with Gasteiger partial charge in [0, 0.05) is 12.7 Å². The van der Waals surface area contributed by atoms with Gasteiger partial charge in [0.05, 0.1) is 16.8 Å². The van der Waals surface area contributed by atoms with E-state index in [9.17, 15) is 9.90 Å². The fourth-order valence-corrected chi connectivity index (χ4v) is 2.89. The molecule has 0 aliphatic carbocycles. The minimum Gasteiger partial charge on any atom is -0.507 e. The number of nitriles is 1. The van der Waals surface area contributed by atoms with E-state index < -0.39 is 18.3 Å². The van der Waals surface area contributed by atoms with Gasteiger partial charge in [-0.05, 0) is 50.9 Å². The number of carbonyl (C=O) groups is 1. The quantitative estimate of drug-likeness (QED) is 0.828. The number of phenolic OH excluding ortho intramolecular Hbond substituents is 1. The van der Waals surface area contributed by atoms with Crippen molar-refractivity contribution in [1.29, 1.82) is 5.26 Å². The van der Waals surface area contributed by atoms with Gasteiger partial charge in [-0.15, -0.1) is 0 Å². The molecule has 1 fully saturated rings. The van der Waals surface area contributed by atoms with Crippen molar-refractivity contribution in [1.82, 2.24) is 0 Å². The molecule has 2 rings (SSSR count). The highest BCUT2D eigenvalue weighted by atomic mass is 32.2. The van der Waals surface area contributed by atoms with E-state index in [0.29, 0.717) is 11.3 Å². The highest BCUT2D eigenvalue weighted by Crippen LogP contribution is 2.39. The lowest BCUT2D eigenvalue weighted by molar-refractivity contribution is -0.109. The van der Waals surface area contributed by atoms with Gasteiger partial charge >= 0.3 is 7.12 Å². The van der Waals surface area contributed by atoms with E-state index in [1.807, 2.05) is 39.8 Å². The monoisotopic (exact) mass is 359 g/mol. The molecule has 0 radical (unpaired) electrons. The van der Waals surface area contributed by atoms with Crippen molar-refractivity contribution >= 4 is 30.1 Å². The first kappa shape index (κ1) is 19.6. The van der Waals surface area contributed by atoms with E-state index in [-0.39, 0.29) is 16.4 Å². The third-order valence-corrected chi connectivity index (χ3v) is 5.38. The summed E-state index contributed by atoms with van der Waals surface area (Å²) in [6.07, 6.45) is 1.83. The zero-order valence-corrected chi connectivity index (χ0v) is 15.9. The van der Waals surface area contributed by atoms with Gasteiger partial charge in [0.1, 0.15) is 11.8 Å². The highest BCUT2D eigenvalue weighted by molar-refractivity contribution is 8.13. The molecule has 0 saturated carbocycles. The van der Waals surface area contributed by atoms with Gasteiger partial charge in [-0.1, -0.05) is 23.9 Å². The molecule has 1 heterocycles. The maximum Gasteiger partial charge on any atom is 0.491 e. The Hall–Kier alpha value is -1.75. The second kappa shape index (κ2) is 7.24. The van der Waals surface area contributed by atoms with E-state index in [1.165, 1.54) is 24.8 Å². The molecule has 1 aromatic rings. The molecular formula is C18H22BNO4S. The van der Waals surface area contributed by atoms with Crippen LogP contribution >= 0.6 is 11.8 Å². The Labute approximate surface area is 153 Å². The van der Waals surface area contributed by atoms with Crippen molar-refractivity contribution in [2.45, 2.75) is 45.8 Å². The number of hydrogen-bond acceptors (Lipinski definition) is 6. The normalized spacial score (nSPS) is 18.9. The maximum atomic E-state index is 11.4. The summed E-state index contributed by atoms with van der Waals surface area (Å²) in [4.78, 5) is 11.4. The zero-order chi connectivity index (χ0) is 18.8. The topological polar surface area (TPSA) is 79.6 Å². The van der Waals surface area contributed by atoms with Gasteiger partial charge in [0.25, 0.3) is 0 Å². The van der Waals surface area contributed by atoms with E-state index in [4.69, 9.17) is 14.6 Å². The zero-order valence-electron chi connectivity index (χ0n) is 15.1. The number of hydrogen-bond donors (Lipinski definition) is 1. The highest BCUT2D eigenvalue weighted by Gasteiger charge is 2.52. The van der Waals surface area contributed by atoms with Crippen LogP contribution in [0.3, 0.4) is 0 Å². The van der Waals surface area contributed by atoms with Crippen LogP contribution in [-0.4, -0.2) is 34.3 Å². The van der Waals surface area contributed by atoms with Gasteiger partial charge < -0.3 is 14.4 Å². The number of phenols is 1. The largest absolute Gasteiger partial charge is 0.507 e. The summed E-state index contributed by atoms with van der Waals surface area (Å²) in [5, 5.41) is 18.8. The molecule has 0 spiro atoms. The van der Waals surface area contributed by atoms with Crippen molar-refractivity contribution in [3.05, 3.63) is 34.8 Å². The van der Waals surface area contributed by atoms with Crippen LogP contribution in [0, 0.1) is 11.3 Å². The fraction of sp³-hybridized carbons (Fsp3) is 0.444. The standard InChI is InChI=1S/C18H22BNO4S/c1-12(21)25-11-15(19-23-17(2,3)18(4,5)24-19)8-13-6-7-14(10-20)16(22)9-13/h6-9,22H,11H2,1-5H3. The summed E-state index contributed by atoms with van der Waals surface area (Å²) >= 11 is 1.18. The van der Waals surface area contributed by atoms with Crippen LogP contribution in [0.25, 0.3) is 6.08 Å². The van der Waals surface area contributed by atoms with Gasteiger partial charge in [-0.25, -0.2) is 0 Å². The Morgan fingerprint density at radius 3 is 2.40 bits per heavy atom. The minimum atomic E-state index is -0.574. The maximum absolute atomic E-state index is 11.4. The van der Waals surface area contributed by atoms with E-state index in [1.54, 1.807) is 12.1 Å². The summed E-state index contributed by atoms with van der Waals surface area (Å²) in [6.45, 7) is 9.39. The Morgan fingerprint density at radius 2 is 1.92 bits per heavy atom. The molecule has 0 unspecified atom stereocenters. The van der Waals surface area contributed by atoms with Gasteiger partial charge in [-0.3, -0.25) is 4.79 Å². The van der Waals surface area contributed by atoms with Crippen molar-refractivity contribution in [3.63, 3.8) is 0 Å². The van der Waals surface area contributed by atoms with Crippen LogP contribution < -0.4 is 0 Å². The van der Waals surface area contributed by atoms with Gasteiger partial charge in [0.2, 0.25) is 0 Å². The molecule has 0 aromatic heterocycles. The lowest BCUT2D eigenvalue weighted by atomic mass is 9.78. The molecule has 25 heavy (non-hydrogen) atoms. The van der Waals surface area contributed by atoms with Crippen LogP contribution in [-0.2, 0) is 14.1 Å². The number of thioether (sulfide) groups is 1. The number of nitrogens with zero attached hydrogens (tertiary/aromatic N) is 1. The summed E-state index contributed by atoms with van der Waals surface area (Å²) in [5.41, 5.74) is 0.760. The summed E-state index contributed by atoms with van der Waals surface area (Å²) in [7, 11) is -0.574. The molecule has 7 heteroatoms. The molecule has 0 amide bonds. The van der Waals surface area contributed by atoms with Crippen molar-refractivity contribution < 1.29 is 19.2 Å². The summed E-state index contributed by atoms with van der Waals surface area (Å²) < 4.78 is 12.2. The third-order valence-electron chi connectivity index (χ3n) is 4.49. The molecule has 1 saturated heterocycles. The van der Waals surface area contributed by atoms with Crippen molar-refractivity contribution in [3.8, 4) is 11.8 Å². The lowest BCUT2D eigenvalue weighted by Crippen LogP contribution is -2.41. The average molecular weight is 359 g/mol. The first-order valence-corrected chi connectivity index (χ1v) is 8.97. The van der Waals surface area contributed by atoms with Gasteiger partial charge in [-0.2, -0.15) is 5.26 Å². The first-order chi connectivity index (χ1) is 11.6. The fourth-order valence-electron chi connectivity index (χ4n) is 2.30. The lowest BCUT2D eigenvalue weighted by Gasteiger charge is -2.32. The van der Waals surface area contributed by atoms with Crippen LogP contribution in [0.1, 0.15) is 45.7 Å². The summed E-state index contributed by atoms with van der Waals surface area (Å²) in [5.74, 6) is 0.344. The Balaban J connectivity index is 2.35. The number of benzene rings is 1. The molecule has 5 nitrogen and oxygen atoms in total. The second-order valence-corrected chi connectivity index (χ2v) is 8.13. The molecule has 1 N–H and O–H groups in total. The Bertz CT molecular complexity index is 736. The number of aromatic hydroxyl groups is 1. The van der Waals surface area contributed by atoms with Crippen LogP contribution in [0.4, 0.5) is 0 Å². The predicted molar refractivity (Wildman–Crippen MR) is 100 cm³/mol. The molecule has 0 atom stereocenters. The van der Waals surface area contributed by atoms with Crippen LogP contribution in [0.2, 0.25) is 0 Å². The van der Waals surface area contributed by atoms with Crippen LogP contribution in [0.5, 0.6) is 5.75 Å². The SMILES string of the molecule is CC(=O)SCC(=Cc1ccc(C#N)c(O)c1)B1OC(C)(C)C(C)(C)O1. The van der Waals surface area contributed by atoms with Crippen LogP contribution in [0.15, 0.2) is 23.7 Å². The third kappa shape index (κ3) is 4.46. The van der Waals surface area contributed by atoms with Crippen molar-refractivity contribution in [2.24, 2.45) is 0 Å². The minimum absolute atomic E-state index is 0.00472. The predicted octanol–water partition coefficient (Wildman–Crippen LogP) is 3.56. The van der Waals surface area contributed by atoms with E-state index in [2.05, 4.69) is 0 Å².